The Labute approximate surface area is 173 Å². The number of ketones is 2. The molecule has 0 amide bonds. The van der Waals surface area contributed by atoms with Crippen LogP contribution in [-0.2, 0) is 7.05 Å². The van der Waals surface area contributed by atoms with E-state index in [1.807, 2.05) is 13.1 Å². The van der Waals surface area contributed by atoms with E-state index in [1.165, 1.54) is 5.69 Å². The van der Waals surface area contributed by atoms with E-state index in [9.17, 15) is 9.59 Å². The van der Waals surface area contributed by atoms with E-state index in [0.29, 0.717) is 22.1 Å². The largest absolute Gasteiger partial charge is 0.347 e. The number of benzene rings is 1. The van der Waals surface area contributed by atoms with Gasteiger partial charge < -0.3 is 4.57 Å². The lowest BCUT2D eigenvalue weighted by molar-refractivity contribution is 0.0990. The number of Topliss-reactive ketones (excluding diaryl/α,β-unsaturated/α-hetero) is 2. The molecule has 2 heterocycles. The van der Waals surface area contributed by atoms with Crippen molar-refractivity contribution in [3.05, 3.63) is 60.1 Å². The summed E-state index contributed by atoms with van der Waals surface area (Å²) in [6.07, 6.45) is 1.71. The van der Waals surface area contributed by atoms with Gasteiger partial charge in [0.2, 0.25) is 0 Å². The maximum Gasteiger partial charge on any atom is 0.197 e. The van der Waals surface area contributed by atoms with E-state index in [4.69, 9.17) is 11.6 Å². The van der Waals surface area contributed by atoms with Gasteiger partial charge in [-0.1, -0.05) is 25.4 Å². The zero-order valence-electron chi connectivity index (χ0n) is 14.4. The van der Waals surface area contributed by atoms with Crippen LogP contribution in [0.4, 0.5) is 0 Å². The molecule has 132 valence electrons. The normalized spacial score (nSPS) is 15.7. The lowest BCUT2D eigenvalue weighted by atomic mass is 10.1. The molecule has 0 saturated heterocycles. The Kier molecular flexibility index (Phi) is 4.36. The number of hydrogen-bond donors (Lipinski definition) is 0. The Morgan fingerprint density at radius 2 is 1.77 bits per heavy atom. The number of allylic oxidation sites excluding steroid dienone is 1. The number of rotatable bonds is 2. The molecule has 0 atom stereocenters. The maximum atomic E-state index is 12.7. The highest BCUT2D eigenvalue weighted by Crippen LogP contribution is 2.36. The molecule has 26 heavy (non-hydrogen) atoms. The molecule has 3 aromatic rings. The van der Waals surface area contributed by atoms with Gasteiger partial charge in [0, 0.05) is 32.3 Å². The fraction of sp³-hybridized carbons (Fsp3) is 0.200. The van der Waals surface area contributed by atoms with Gasteiger partial charge in [-0.05, 0) is 58.9 Å². The summed E-state index contributed by atoms with van der Waals surface area (Å²) in [4.78, 5) is 26.3. The Balaban J connectivity index is 1.78. The number of nitrogens with zero attached hydrogens (tertiary/aromatic N) is 1. The minimum Gasteiger partial charge on any atom is -0.347 e. The predicted molar refractivity (Wildman–Crippen MR) is 116 cm³/mol. The van der Waals surface area contributed by atoms with Gasteiger partial charge in [0.25, 0.3) is 0 Å². The number of aromatic nitrogens is 1. The number of fused-ring (bicyclic) bond motifs is 2. The summed E-state index contributed by atoms with van der Waals surface area (Å²) >= 11 is 9.79. The van der Waals surface area contributed by atoms with Gasteiger partial charge in [0.15, 0.2) is 11.6 Å². The minimum atomic E-state index is -0.247. The van der Waals surface area contributed by atoms with Crippen molar-refractivity contribution in [2.45, 2.75) is 19.8 Å². The monoisotopic (exact) mass is 495 g/mol. The summed E-state index contributed by atoms with van der Waals surface area (Å²) < 4.78 is 4.11. The van der Waals surface area contributed by atoms with Crippen LogP contribution in [0.5, 0.6) is 0 Å². The molecule has 0 spiro atoms. The highest BCUT2D eigenvalue weighted by atomic mass is 127. The van der Waals surface area contributed by atoms with Crippen molar-refractivity contribution in [1.29, 1.82) is 0 Å². The first-order chi connectivity index (χ1) is 12.3. The van der Waals surface area contributed by atoms with Crippen molar-refractivity contribution in [2.24, 2.45) is 7.05 Å². The number of carbonyl (C=O) groups is 2. The first kappa shape index (κ1) is 17.9. The summed E-state index contributed by atoms with van der Waals surface area (Å²) in [5.74, 6) is -0.0235. The zero-order chi connectivity index (χ0) is 18.7. The molecule has 6 heteroatoms. The van der Waals surface area contributed by atoms with E-state index in [1.54, 1.807) is 29.5 Å². The van der Waals surface area contributed by atoms with Crippen molar-refractivity contribution in [1.82, 2.24) is 4.57 Å². The number of aryl methyl sites for hydroxylation is 1. The maximum absolute atomic E-state index is 12.7. The lowest BCUT2D eigenvalue weighted by Crippen LogP contribution is -2.00. The molecule has 0 aliphatic heterocycles. The van der Waals surface area contributed by atoms with Crippen molar-refractivity contribution < 1.29 is 9.59 Å². The Bertz CT molecular complexity index is 1090. The zero-order valence-corrected chi connectivity index (χ0v) is 18.1. The summed E-state index contributed by atoms with van der Waals surface area (Å²) in [6, 6.07) is 7.51. The van der Waals surface area contributed by atoms with Crippen LogP contribution in [-0.4, -0.2) is 16.1 Å². The van der Waals surface area contributed by atoms with Crippen LogP contribution < -0.4 is 0 Å². The third kappa shape index (κ3) is 2.68. The van der Waals surface area contributed by atoms with Crippen LogP contribution in [0.15, 0.2) is 29.8 Å². The van der Waals surface area contributed by atoms with Crippen LogP contribution in [0.1, 0.15) is 51.1 Å². The van der Waals surface area contributed by atoms with Crippen LogP contribution in [0.25, 0.3) is 16.3 Å². The fourth-order valence-corrected chi connectivity index (χ4v) is 5.08. The number of thiophene rings is 1. The summed E-state index contributed by atoms with van der Waals surface area (Å²) in [7, 11) is 2.05. The quantitative estimate of drug-likeness (QED) is 0.245. The first-order valence-corrected chi connectivity index (χ1v) is 10.4. The predicted octanol–water partition coefficient (Wildman–Crippen LogP) is 6.08. The molecule has 1 aromatic carbocycles. The van der Waals surface area contributed by atoms with E-state index in [0.717, 1.165) is 18.7 Å². The third-order valence-electron chi connectivity index (χ3n) is 4.70. The average Bonchev–Trinajstić information content (AvgIpc) is 3.18. The Hall–Kier alpha value is -1.44. The molecule has 0 radical (unpaired) electrons. The van der Waals surface area contributed by atoms with Crippen LogP contribution in [0.2, 0.25) is 5.02 Å². The summed E-state index contributed by atoms with van der Waals surface area (Å²) in [5, 5.41) is 0.495. The van der Waals surface area contributed by atoms with Crippen molar-refractivity contribution in [2.75, 3.05) is 0 Å². The molecule has 1 aliphatic carbocycles. The molecule has 0 saturated carbocycles. The van der Waals surface area contributed by atoms with Gasteiger partial charge in [-0.2, -0.15) is 0 Å². The molecular weight excluding hydrogens is 481 g/mol. The van der Waals surface area contributed by atoms with Crippen LogP contribution in [0, 0.1) is 3.57 Å². The Morgan fingerprint density at radius 1 is 1.12 bits per heavy atom. The molecule has 0 bridgehead atoms. The molecular formula is C20H15ClINO2S. The van der Waals surface area contributed by atoms with E-state index in [2.05, 4.69) is 47.1 Å². The lowest BCUT2D eigenvalue weighted by Gasteiger charge is -2.06. The summed E-state index contributed by atoms with van der Waals surface area (Å²) in [5.41, 5.74) is 3.45. The van der Waals surface area contributed by atoms with Crippen molar-refractivity contribution in [3.63, 3.8) is 0 Å². The smallest absolute Gasteiger partial charge is 0.197 e. The number of hydrogen-bond acceptors (Lipinski definition) is 3. The highest BCUT2D eigenvalue weighted by Gasteiger charge is 2.34. The minimum absolute atomic E-state index is 0.216. The number of halogens is 2. The second kappa shape index (κ2) is 6.32. The van der Waals surface area contributed by atoms with E-state index >= 15 is 0 Å². The molecule has 0 unspecified atom stereocenters. The molecule has 1 aliphatic rings. The van der Waals surface area contributed by atoms with Gasteiger partial charge >= 0.3 is 0 Å². The van der Waals surface area contributed by atoms with Crippen LogP contribution >= 0.6 is 45.5 Å². The molecule has 0 N–H and O–H groups in total. The van der Waals surface area contributed by atoms with Crippen LogP contribution in [0.3, 0.4) is 0 Å². The molecule has 3 nitrogen and oxygen atoms in total. The van der Waals surface area contributed by atoms with Crippen molar-refractivity contribution >= 4 is 73.4 Å². The van der Waals surface area contributed by atoms with Gasteiger partial charge in [-0.3, -0.25) is 9.59 Å². The van der Waals surface area contributed by atoms with E-state index in [-0.39, 0.29) is 17.1 Å². The second-order valence-corrected chi connectivity index (χ2v) is 9.39. The van der Waals surface area contributed by atoms with Gasteiger partial charge in [0.05, 0.1) is 20.8 Å². The molecule has 4 rings (SSSR count). The Morgan fingerprint density at radius 3 is 2.38 bits per heavy atom. The first-order valence-electron chi connectivity index (χ1n) is 8.17. The highest BCUT2D eigenvalue weighted by molar-refractivity contribution is 14.1. The molecule has 2 aromatic heterocycles. The standard InChI is InChI=1S/C20H15ClINO2S/c1-9(2)16-8-18-17(23(16)3)5-10(26-18)4-13-19(24)11-6-14(21)15(22)7-12(11)20(13)25/h4-9H,1-3H3/b13-4-. The van der Waals surface area contributed by atoms with Gasteiger partial charge in [-0.25, -0.2) is 0 Å². The van der Waals surface area contributed by atoms with E-state index < -0.39 is 0 Å². The van der Waals surface area contributed by atoms with Crippen molar-refractivity contribution in [3.8, 4) is 0 Å². The number of carbonyl (C=O) groups excluding carboxylic acids is 2. The third-order valence-corrected chi connectivity index (χ3v) is 7.25. The average molecular weight is 496 g/mol. The second-order valence-electron chi connectivity index (χ2n) is 6.71. The summed E-state index contributed by atoms with van der Waals surface area (Å²) in [6.45, 7) is 4.34. The SMILES string of the molecule is CC(C)c1cc2sc(/C=C3/C(=O)c4cc(Cl)c(I)cc4C3=O)cc2n1C. The van der Waals surface area contributed by atoms with Gasteiger partial charge in [0.1, 0.15) is 0 Å². The fourth-order valence-electron chi connectivity index (χ4n) is 3.36. The topological polar surface area (TPSA) is 39.1 Å². The molecule has 0 fully saturated rings. The van der Waals surface area contributed by atoms with Gasteiger partial charge in [-0.15, -0.1) is 11.3 Å².